The SMILES string of the molecule is CCNc1ccncc1C(=O)NCCc1ccc(Cl)s1. The monoisotopic (exact) mass is 309 g/mol. The summed E-state index contributed by atoms with van der Waals surface area (Å²) < 4.78 is 0.771. The molecule has 2 N–H and O–H groups in total. The van der Waals surface area contributed by atoms with Gasteiger partial charge in [-0.1, -0.05) is 11.6 Å². The van der Waals surface area contributed by atoms with Gasteiger partial charge in [0.05, 0.1) is 15.6 Å². The fourth-order valence-corrected chi connectivity index (χ4v) is 2.89. The van der Waals surface area contributed by atoms with Gasteiger partial charge in [0.2, 0.25) is 0 Å². The van der Waals surface area contributed by atoms with E-state index in [2.05, 4.69) is 15.6 Å². The number of hydrogen-bond donors (Lipinski definition) is 2. The summed E-state index contributed by atoms with van der Waals surface area (Å²) in [7, 11) is 0. The molecular weight excluding hydrogens is 294 g/mol. The number of nitrogens with zero attached hydrogens (tertiary/aromatic N) is 1. The van der Waals surface area contributed by atoms with Gasteiger partial charge in [-0.3, -0.25) is 9.78 Å². The van der Waals surface area contributed by atoms with Crippen LogP contribution in [0.15, 0.2) is 30.6 Å². The van der Waals surface area contributed by atoms with Gasteiger partial charge in [0, 0.05) is 30.4 Å². The second-order valence-corrected chi connectivity index (χ2v) is 5.96. The molecule has 0 bridgehead atoms. The van der Waals surface area contributed by atoms with Crippen LogP contribution in [-0.2, 0) is 6.42 Å². The van der Waals surface area contributed by atoms with Crippen LogP contribution in [0.5, 0.6) is 0 Å². The van der Waals surface area contributed by atoms with Crippen molar-refractivity contribution in [3.8, 4) is 0 Å². The zero-order chi connectivity index (χ0) is 14.4. The van der Waals surface area contributed by atoms with Crippen LogP contribution in [0.25, 0.3) is 0 Å². The van der Waals surface area contributed by atoms with Gasteiger partial charge in [-0.2, -0.15) is 0 Å². The average Bonchev–Trinajstić information content (AvgIpc) is 2.85. The molecular formula is C14H16ClN3OS. The molecule has 0 atom stereocenters. The molecule has 6 heteroatoms. The van der Waals surface area contributed by atoms with E-state index >= 15 is 0 Å². The number of halogens is 1. The molecule has 20 heavy (non-hydrogen) atoms. The van der Waals surface area contributed by atoms with Gasteiger partial charge in [-0.25, -0.2) is 0 Å². The van der Waals surface area contributed by atoms with E-state index in [4.69, 9.17) is 11.6 Å². The Hall–Kier alpha value is -1.59. The van der Waals surface area contributed by atoms with Gasteiger partial charge >= 0.3 is 0 Å². The van der Waals surface area contributed by atoms with Crippen molar-refractivity contribution >= 4 is 34.5 Å². The van der Waals surface area contributed by atoms with E-state index in [1.165, 1.54) is 11.3 Å². The molecule has 0 aliphatic carbocycles. The van der Waals surface area contributed by atoms with Crippen molar-refractivity contribution in [3.05, 3.63) is 45.4 Å². The number of carbonyl (C=O) groups excluding carboxylic acids is 1. The normalized spacial score (nSPS) is 10.3. The van der Waals surface area contributed by atoms with Crippen molar-refractivity contribution in [3.63, 3.8) is 0 Å². The highest BCUT2D eigenvalue weighted by Crippen LogP contribution is 2.21. The summed E-state index contributed by atoms with van der Waals surface area (Å²) in [5.74, 6) is -0.114. The number of anilines is 1. The molecule has 0 fully saturated rings. The number of amides is 1. The Morgan fingerprint density at radius 3 is 2.95 bits per heavy atom. The molecule has 4 nitrogen and oxygen atoms in total. The fraction of sp³-hybridized carbons (Fsp3) is 0.286. The molecule has 2 aromatic heterocycles. The summed E-state index contributed by atoms with van der Waals surface area (Å²) in [5, 5.41) is 6.05. The third kappa shape index (κ3) is 3.95. The number of aromatic nitrogens is 1. The van der Waals surface area contributed by atoms with E-state index in [1.807, 2.05) is 19.1 Å². The minimum atomic E-state index is -0.114. The summed E-state index contributed by atoms with van der Waals surface area (Å²) in [6.07, 6.45) is 4.03. The van der Waals surface area contributed by atoms with E-state index in [-0.39, 0.29) is 5.91 Å². The Balaban J connectivity index is 1.91. The molecule has 106 valence electrons. The molecule has 0 spiro atoms. The molecule has 0 saturated carbocycles. The van der Waals surface area contributed by atoms with Crippen molar-refractivity contribution < 1.29 is 4.79 Å². The predicted octanol–water partition coefficient (Wildman–Crippen LogP) is 3.20. The zero-order valence-electron chi connectivity index (χ0n) is 11.1. The minimum Gasteiger partial charge on any atom is -0.385 e. The zero-order valence-corrected chi connectivity index (χ0v) is 12.7. The lowest BCUT2D eigenvalue weighted by Gasteiger charge is -2.10. The maximum absolute atomic E-state index is 12.1. The Bertz CT molecular complexity index is 585. The molecule has 2 heterocycles. The van der Waals surface area contributed by atoms with Crippen LogP contribution in [0.1, 0.15) is 22.2 Å². The molecule has 0 aliphatic heterocycles. The molecule has 0 aromatic carbocycles. The Labute approximate surface area is 127 Å². The molecule has 2 rings (SSSR count). The lowest BCUT2D eigenvalue weighted by Crippen LogP contribution is -2.26. The van der Waals surface area contributed by atoms with Gasteiger partial charge in [-0.15, -0.1) is 11.3 Å². The summed E-state index contributed by atoms with van der Waals surface area (Å²) in [6, 6.07) is 5.65. The smallest absolute Gasteiger partial charge is 0.254 e. The van der Waals surface area contributed by atoms with Crippen molar-refractivity contribution in [2.45, 2.75) is 13.3 Å². The second kappa shape index (κ2) is 7.26. The Morgan fingerprint density at radius 1 is 1.40 bits per heavy atom. The first-order valence-corrected chi connectivity index (χ1v) is 7.60. The third-order valence-electron chi connectivity index (χ3n) is 2.72. The van der Waals surface area contributed by atoms with Crippen LogP contribution < -0.4 is 10.6 Å². The first kappa shape index (κ1) is 14.8. The van der Waals surface area contributed by atoms with E-state index in [0.29, 0.717) is 12.1 Å². The van der Waals surface area contributed by atoms with E-state index < -0.39 is 0 Å². The predicted molar refractivity (Wildman–Crippen MR) is 83.8 cm³/mol. The maximum Gasteiger partial charge on any atom is 0.254 e. The van der Waals surface area contributed by atoms with Crippen LogP contribution in [0.3, 0.4) is 0 Å². The molecule has 0 unspecified atom stereocenters. The van der Waals surface area contributed by atoms with Gasteiger partial charge in [-0.05, 0) is 31.5 Å². The second-order valence-electron chi connectivity index (χ2n) is 4.16. The number of hydrogen-bond acceptors (Lipinski definition) is 4. The summed E-state index contributed by atoms with van der Waals surface area (Å²) in [5.41, 5.74) is 1.37. The number of rotatable bonds is 6. The van der Waals surface area contributed by atoms with Crippen LogP contribution in [-0.4, -0.2) is 24.0 Å². The molecule has 2 aromatic rings. The maximum atomic E-state index is 12.1. The number of thiophene rings is 1. The molecule has 0 aliphatic rings. The molecule has 0 saturated heterocycles. The van der Waals surface area contributed by atoms with E-state index in [0.717, 1.165) is 27.9 Å². The average molecular weight is 310 g/mol. The highest BCUT2D eigenvalue weighted by atomic mass is 35.5. The Morgan fingerprint density at radius 2 is 2.25 bits per heavy atom. The van der Waals surface area contributed by atoms with Gasteiger partial charge in [0.1, 0.15) is 0 Å². The minimum absolute atomic E-state index is 0.114. The summed E-state index contributed by atoms with van der Waals surface area (Å²) in [6.45, 7) is 3.33. The van der Waals surface area contributed by atoms with Crippen LogP contribution in [0.2, 0.25) is 4.34 Å². The summed E-state index contributed by atoms with van der Waals surface area (Å²) in [4.78, 5) is 17.3. The first-order chi connectivity index (χ1) is 9.70. The van der Waals surface area contributed by atoms with Gasteiger partial charge < -0.3 is 10.6 Å². The third-order valence-corrected chi connectivity index (χ3v) is 4.01. The summed E-state index contributed by atoms with van der Waals surface area (Å²) >= 11 is 7.40. The number of nitrogens with one attached hydrogen (secondary N) is 2. The molecule has 1 amide bonds. The van der Waals surface area contributed by atoms with Gasteiger partial charge in [0.15, 0.2) is 0 Å². The van der Waals surface area contributed by atoms with E-state index in [1.54, 1.807) is 18.5 Å². The lowest BCUT2D eigenvalue weighted by molar-refractivity contribution is 0.0954. The van der Waals surface area contributed by atoms with Crippen LogP contribution in [0, 0.1) is 0 Å². The van der Waals surface area contributed by atoms with Crippen molar-refractivity contribution in [1.29, 1.82) is 0 Å². The molecule has 0 radical (unpaired) electrons. The van der Waals surface area contributed by atoms with Crippen molar-refractivity contribution in [2.75, 3.05) is 18.4 Å². The quantitative estimate of drug-likeness (QED) is 0.861. The highest BCUT2D eigenvalue weighted by Gasteiger charge is 2.10. The Kier molecular flexibility index (Phi) is 5.38. The largest absolute Gasteiger partial charge is 0.385 e. The first-order valence-electron chi connectivity index (χ1n) is 6.41. The standard InChI is InChI=1S/C14H16ClN3OS/c1-2-17-12-6-7-16-9-11(12)14(19)18-8-5-10-3-4-13(15)20-10/h3-4,6-7,9H,2,5,8H2,1H3,(H,16,17)(H,18,19). The van der Waals surface area contributed by atoms with Crippen LogP contribution in [0.4, 0.5) is 5.69 Å². The van der Waals surface area contributed by atoms with Gasteiger partial charge in [0.25, 0.3) is 5.91 Å². The number of pyridine rings is 1. The number of carbonyl (C=O) groups is 1. The topological polar surface area (TPSA) is 54.0 Å². The highest BCUT2D eigenvalue weighted by molar-refractivity contribution is 7.16. The van der Waals surface area contributed by atoms with Crippen molar-refractivity contribution in [2.24, 2.45) is 0 Å². The lowest BCUT2D eigenvalue weighted by atomic mass is 10.2. The van der Waals surface area contributed by atoms with Crippen molar-refractivity contribution in [1.82, 2.24) is 10.3 Å². The fourth-order valence-electron chi connectivity index (χ4n) is 1.80. The van der Waals surface area contributed by atoms with Crippen LogP contribution >= 0.6 is 22.9 Å². The van der Waals surface area contributed by atoms with E-state index in [9.17, 15) is 4.79 Å².